The van der Waals surface area contributed by atoms with Crippen LogP contribution in [0, 0.1) is 19.8 Å². The van der Waals surface area contributed by atoms with Crippen molar-refractivity contribution in [3.63, 3.8) is 0 Å². The Balaban J connectivity index is 1.43. The molecule has 2 amide bonds. The molecule has 5 rings (SSSR count). The van der Waals surface area contributed by atoms with E-state index >= 15 is 0 Å². The molecule has 3 aromatic rings. The normalized spacial score (nSPS) is 19.9. The van der Waals surface area contributed by atoms with E-state index < -0.39 is 0 Å². The summed E-state index contributed by atoms with van der Waals surface area (Å²) in [6, 6.07) is 23.9. The predicted octanol–water partition coefficient (Wildman–Crippen LogP) is 6.53. The van der Waals surface area contributed by atoms with Crippen LogP contribution in [0.25, 0.3) is 0 Å². The molecular weight excluding hydrogens is 458 g/mol. The average Bonchev–Trinajstić information content (AvgIpc) is 2.93. The quantitative estimate of drug-likeness (QED) is 0.438. The van der Waals surface area contributed by atoms with Gasteiger partial charge in [-0.25, -0.2) is 0 Å². The molecule has 2 aliphatic heterocycles. The number of nitrogens with one attached hydrogen (secondary N) is 1. The van der Waals surface area contributed by atoms with Gasteiger partial charge in [-0.3, -0.25) is 9.59 Å². The van der Waals surface area contributed by atoms with Gasteiger partial charge in [0.1, 0.15) is 0 Å². The number of amides is 2. The number of rotatable bonds is 5. The Bertz CT molecular complexity index is 1230. The van der Waals surface area contributed by atoms with Crippen molar-refractivity contribution in [3.8, 4) is 0 Å². The van der Waals surface area contributed by atoms with E-state index in [1.807, 2.05) is 79.4 Å². The topological polar surface area (TPSA) is 52.7 Å². The minimum Gasteiger partial charge on any atom is -0.371 e. The first-order chi connectivity index (χ1) is 18.0. The molecule has 3 aromatic carbocycles. The zero-order valence-corrected chi connectivity index (χ0v) is 22.0. The number of hydrogen-bond donors (Lipinski definition) is 1. The van der Waals surface area contributed by atoms with Crippen molar-refractivity contribution in [2.75, 3.05) is 29.9 Å². The van der Waals surface area contributed by atoms with Gasteiger partial charge in [-0.2, -0.15) is 0 Å². The van der Waals surface area contributed by atoms with Gasteiger partial charge in [-0.1, -0.05) is 54.6 Å². The van der Waals surface area contributed by atoms with E-state index in [1.165, 1.54) is 19.3 Å². The summed E-state index contributed by atoms with van der Waals surface area (Å²) in [4.78, 5) is 32.1. The highest BCUT2D eigenvalue weighted by atomic mass is 16.2. The summed E-state index contributed by atoms with van der Waals surface area (Å²) in [6.45, 7) is 6.74. The van der Waals surface area contributed by atoms with Crippen molar-refractivity contribution in [1.82, 2.24) is 4.90 Å². The largest absolute Gasteiger partial charge is 0.371 e. The molecule has 0 spiro atoms. The number of piperidine rings is 2. The number of anilines is 2. The summed E-state index contributed by atoms with van der Waals surface area (Å²) < 4.78 is 0. The highest BCUT2D eigenvalue weighted by Crippen LogP contribution is 2.38. The first-order valence-electron chi connectivity index (χ1n) is 13.6. The number of carbonyl (C=O) groups excluding carboxylic acids is 2. The van der Waals surface area contributed by atoms with Gasteiger partial charge in [0.05, 0.1) is 12.0 Å². The van der Waals surface area contributed by atoms with E-state index in [0.29, 0.717) is 6.54 Å². The summed E-state index contributed by atoms with van der Waals surface area (Å²) >= 11 is 0. The van der Waals surface area contributed by atoms with Gasteiger partial charge in [0.25, 0.3) is 5.91 Å². The Morgan fingerprint density at radius 3 is 2.22 bits per heavy atom. The molecule has 0 bridgehead atoms. The van der Waals surface area contributed by atoms with Crippen LogP contribution in [0.1, 0.15) is 65.2 Å². The van der Waals surface area contributed by atoms with E-state index in [4.69, 9.17) is 0 Å². The molecule has 2 atom stereocenters. The Labute approximate surface area is 220 Å². The molecule has 37 heavy (non-hydrogen) atoms. The Morgan fingerprint density at radius 1 is 0.784 bits per heavy atom. The van der Waals surface area contributed by atoms with Crippen LogP contribution < -0.4 is 10.2 Å². The molecule has 5 heteroatoms. The van der Waals surface area contributed by atoms with Gasteiger partial charge < -0.3 is 15.1 Å². The van der Waals surface area contributed by atoms with Crippen molar-refractivity contribution in [2.24, 2.45) is 5.92 Å². The van der Waals surface area contributed by atoms with Gasteiger partial charge in [-0.05, 0) is 80.8 Å². The maximum absolute atomic E-state index is 14.0. The number of hydrogen-bond acceptors (Lipinski definition) is 3. The van der Waals surface area contributed by atoms with Crippen molar-refractivity contribution >= 4 is 23.2 Å². The zero-order valence-electron chi connectivity index (χ0n) is 22.0. The van der Waals surface area contributed by atoms with Crippen molar-refractivity contribution in [3.05, 3.63) is 95.1 Å². The molecule has 0 aromatic heterocycles. The Kier molecular flexibility index (Phi) is 7.59. The Hall–Kier alpha value is -3.60. The van der Waals surface area contributed by atoms with Crippen LogP contribution in [-0.4, -0.2) is 36.3 Å². The molecule has 1 N–H and O–H groups in total. The molecule has 0 saturated carbocycles. The van der Waals surface area contributed by atoms with Crippen LogP contribution in [0.2, 0.25) is 0 Å². The van der Waals surface area contributed by atoms with E-state index in [0.717, 1.165) is 59.6 Å². The van der Waals surface area contributed by atoms with Gasteiger partial charge in [-0.15, -0.1) is 0 Å². The number of benzene rings is 3. The van der Waals surface area contributed by atoms with Gasteiger partial charge in [0.15, 0.2) is 0 Å². The summed E-state index contributed by atoms with van der Waals surface area (Å²) in [5, 5.41) is 3.21. The number of nitrogens with zero attached hydrogens (tertiary/aromatic N) is 2. The molecule has 5 nitrogen and oxygen atoms in total. The van der Waals surface area contributed by atoms with E-state index in [1.54, 1.807) is 0 Å². The van der Waals surface area contributed by atoms with Gasteiger partial charge in [0, 0.05) is 36.6 Å². The maximum Gasteiger partial charge on any atom is 0.254 e. The second kappa shape index (κ2) is 11.2. The van der Waals surface area contributed by atoms with Crippen LogP contribution in [0.4, 0.5) is 11.4 Å². The molecule has 2 unspecified atom stereocenters. The van der Waals surface area contributed by atoms with E-state index in [9.17, 15) is 9.59 Å². The Morgan fingerprint density at radius 2 is 1.49 bits per heavy atom. The van der Waals surface area contributed by atoms with E-state index in [-0.39, 0.29) is 23.8 Å². The molecule has 0 aliphatic carbocycles. The lowest BCUT2D eigenvalue weighted by Crippen LogP contribution is -2.46. The highest BCUT2D eigenvalue weighted by molar-refractivity contribution is 5.99. The zero-order chi connectivity index (χ0) is 25.8. The van der Waals surface area contributed by atoms with Crippen LogP contribution in [-0.2, 0) is 4.79 Å². The van der Waals surface area contributed by atoms with Crippen LogP contribution in [0.5, 0.6) is 0 Å². The van der Waals surface area contributed by atoms with Gasteiger partial charge in [0.2, 0.25) is 5.91 Å². The van der Waals surface area contributed by atoms with Crippen LogP contribution in [0.3, 0.4) is 0 Å². The average molecular weight is 496 g/mol. The third kappa shape index (κ3) is 5.41. The van der Waals surface area contributed by atoms with E-state index in [2.05, 4.69) is 22.3 Å². The minimum atomic E-state index is -0.330. The fourth-order valence-corrected chi connectivity index (χ4v) is 6.02. The second-order valence-electron chi connectivity index (χ2n) is 10.5. The lowest BCUT2D eigenvalue weighted by molar-refractivity contribution is -0.123. The SMILES string of the molecule is Cc1cccc(C)c1C(=O)N1CCCC(C(=O)Nc2cccc(N3CCCCC3)c2)C1c1ccccc1. The fourth-order valence-electron chi connectivity index (χ4n) is 6.02. The molecule has 2 heterocycles. The lowest BCUT2D eigenvalue weighted by atomic mass is 9.83. The first-order valence-corrected chi connectivity index (χ1v) is 13.6. The molecule has 2 aliphatic rings. The van der Waals surface area contributed by atoms with Crippen LogP contribution >= 0.6 is 0 Å². The van der Waals surface area contributed by atoms with Crippen molar-refractivity contribution in [2.45, 2.75) is 52.0 Å². The molecule has 2 saturated heterocycles. The molecular formula is C32H37N3O2. The molecule has 2 fully saturated rings. The summed E-state index contributed by atoms with van der Waals surface area (Å²) in [5.41, 5.74) is 5.67. The number of likely N-dealkylation sites (tertiary alicyclic amines) is 1. The first kappa shape index (κ1) is 25.1. The van der Waals surface area contributed by atoms with Crippen LogP contribution in [0.15, 0.2) is 72.8 Å². The summed E-state index contributed by atoms with van der Waals surface area (Å²) in [6.07, 6.45) is 5.25. The van der Waals surface area contributed by atoms with Crippen molar-refractivity contribution < 1.29 is 9.59 Å². The standard InChI is InChI=1S/C32H37N3O2/c1-23-12-9-13-24(2)29(23)32(37)35-21-11-18-28(30(35)25-14-5-3-6-15-25)31(36)33-26-16-10-17-27(22-26)34-19-7-4-8-20-34/h3,5-6,9-10,12-17,22,28,30H,4,7-8,11,18-21H2,1-2H3,(H,33,36). The highest BCUT2D eigenvalue weighted by Gasteiger charge is 2.40. The summed E-state index contributed by atoms with van der Waals surface area (Å²) in [7, 11) is 0. The maximum atomic E-state index is 14.0. The third-order valence-electron chi connectivity index (χ3n) is 7.90. The molecule has 0 radical (unpaired) electrons. The van der Waals surface area contributed by atoms with Gasteiger partial charge >= 0.3 is 0 Å². The third-order valence-corrected chi connectivity index (χ3v) is 7.90. The monoisotopic (exact) mass is 495 g/mol. The fraction of sp³-hybridized carbons (Fsp3) is 0.375. The number of aryl methyl sites for hydroxylation is 2. The lowest BCUT2D eigenvalue weighted by Gasteiger charge is -2.41. The summed E-state index contributed by atoms with van der Waals surface area (Å²) in [5.74, 6) is -0.347. The van der Waals surface area contributed by atoms with Crippen molar-refractivity contribution in [1.29, 1.82) is 0 Å². The second-order valence-corrected chi connectivity index (χ2v) is 10.5. The number of carbonyl (C=O) groups is 2. The molecule has 192 valence electrons. The smallest absolute Gasteiger partial charge is 0.254 e. The predicted molar refractivity (Wildman–Crippen MR) is 150 cm³/mol. The minimum absolute atomic E-state index is 0.00838.